The highest BCUT2D eigenvalue weighted by Gasteiger charge is 2.54. The van der Waals surface area contributed by atoms with Gasteiger partial charge in [0.2, 0.25) is 0 Å². The van der Waals surface area contributed by atoms with Crippen LogP contribution in [0, 0.1) is 23.7 Å². The van der Waals surface area contributed by atoms with Crippen LogP contribution in [0.15, 0.2) is 0 Å². The topological polar surface area (TPSA) is 12.0 Å². The maximum Gasteiger partial charge on any atom is 0.0126 e. The molecular weight excluding hydrogens is 194 g/mol. The summed E-state index contributed by atoms with van der Waals surface area (Å²) in [5.74, 6) is 4.31. The van der Waals surface area contributed by atoms with Gasteiger partial charge in [0.15, 0.2) is 0 Å². The molecular formula is C15H27N. The van der Waals surface area contributed by atoms with E-state index >= 15 is 0 Å². The Morgan fingerprint density at radius 3 is 1.94 bits per heavy atom. The third-order valence-electron chi connectivity index (χ3n) is 5.63. The van der Waals surface area contributed by atoms with Gasteiger partial charge in [-0.3, -0.25) is 0 Å². The van der Waals surface area contributed by atoms with Crippen molar-refractivity contribution in [3.05, 3.63) is 0 Å². The number of fused-ring (bicyclic) bond motifs is 1. The lowest BCUT2D eigenvalue weighted by Gasteiger charge is -2.30. The Bertz CT molecular complexity index is 220. The highest BCUT2D eigenvalue weighted by molar-refractivity contribution is 5.06. The Morgan fingerprint density at radius 1 is 0.812 bits per heavy atom. The Balaban J connectivity index is 1.62. The zero-order chi connectivity index (χ0) is 11.0. The van der Waals surface area contributed by atoms with Crippen LogP contribution in [-0.2, 0) is 0 Å². The highest BCUT2D eigenvalue weighted by atomic mass is 14.9. The van der Waals surface area contributed by atoms with Gasteiger partial charge in [-0.25, -0.2) is 0 Å². The van der Waals surface area contributed by atoms with Crippen LogP contribution in [0.25, 0.3) is 0 Å². The normalized spacial score (nSPS) is 41.4. The first kappa shape index (κ1) is 11.1. The predicted octanol–water partition coefficient (Wildman–Crippen LogP) is 3.59. The van der Waals surface area contributed by atoms with Gasteiger partial charge in [0, 0.05) is 6.04 Å². The summed E-state index contributed by atoms with van der Waals surface area (Å²) in [5.41, 5.74) is 0. The van der Waals surface area contributed by atoms with Gasteiger partial charge in [0.05, 0.1) is 0 Å². The van der Waals surface area contributed by atoms with Crippen LogP contribution in [0.3, 0.4) is 0 Å². The number of hydrogen-bond acceptors (Lipinski definition) is 1. The predicted molar refractivity (Wildman–Crippen MR) is 68.4 cm³/mol. The molecule has 0 saturated heterocycles. The molecule has 16 heavy (non-hydrogen) atoms. The Labute approximate surface area is 100 Å². The summed E-state index contributed by atoms with van der Waals surface area (Å²) in [6.07, 6.45) is 13.6. The maximum absolute atomic E-state index is 3.69. The zero-order valence-corrected chi connectivity index (χ0v) is 10.8. The van der Waals surface area contributed by atoms with E-state index in [1.54, 1.807) is 12.8 Å². The van der Waals surface area contributed by atoms with Crippen molar-refractivity contribution in [2.45, 2.75) is 63.8 Å². The lowest BCUT2D eigenvalue weighted by molar-refractivity contribution is 0.247. The van der Waals surface area contributed by atoms with Gasteiger partial charge in [0.25, 0.3) is 0 Å². The molecule has 3 saturated carbocycles. The number of hydrogen-bond donors (Lipinski definition) is 1. The summed E-state index contributed by atoms with van der Waals surface area (Å²) in [4.78, 5) is 0. The van der Waals surface area contributed by atoms with Crippen LogP contribution in [0.1, 0.15) is 57.8 Å². The van der Waals surface area contributed by atoms with E-state index in [1.807, 2.05) is 0 Å². The quantitative estimate of drug-likeness (QED) is 0.768. The minimum Gasteiger partial charge on any atom is -0.316 e. The summed E-state index contributed by atoms with van der Waals surface area (Å²) in [7, 11) is 2.21. The Hall–Kier alpha value is -0.0400. The lowest BCUT2D eigenvalue weighted by Crippen LogP contribution is -2.37. The fourth-order valence-corrected chi connectivity index (χ4v) is 4.82. The second-order valence-electron chi connectivity index (χ2n) is 6.40. The minimum atomic E-state index is 0.869. The van der Waals surface area contributed by atoms with E-state index < -0.39 is 0 Å². The van der Waals surface area contributed by atoms with E-state index in [4.69, 9.17) is 0 Å². The fraction of sp³-hybridized carbons (Fsp3) is 1.00. The molecule has 0 amide bonds. The van der Waals surface area contributed by atoms with Crippen molar-refractivity contribution in [2.75, 3.05) is 7.05 Å². The first-order chi connectivity index (χ1) is 7.92. The van der Waals surface area contributed by atoms with Crippen molar-refractivity contribution >= 4 is 0 Å². The van der Waals surface area contributed by atoms with E-state index in [0.29, 0.717) is 0 Å². The van der Waals surface area contributed by atoms with Gasteiger partial charge < -0.3 is 5.32 Å². The van der Waals surface area contributed by atoms with Crippen LogP contribution in [-0.4, -0.2) is 13.1 Å². The molecule has 0 spiro atoms. The molecule has 3 rings (SSSR count). The van der Waals surface area contributed by atoms with E-state index in [2.05, 4.69) is 12.4 Å². The lowest BCUT2D eigenvalue weighted by atomic mass is 9.81. The van der Waals surface area contributed by atoms with Gasteiger partial charge in [0.1, 0.15) is 0 Å². The van der Waals surface area contributed by atoms with Crippen molar-refractivity contribution in [3.63, 3.8) is 0 Å². The first-order valence-electron chi connectivity index (χ1n) is 7.59. The number of rotatable bonds is 3. The van der Waals surface area contributed by atoms with Gasteiger partial charge in [-0.05, 0) is 56.4 Å². The van der Waals surface area contributed by atoms with Crippen LogP contribution < -0.4 is 5.32 Å². The van der Waals surface area contributed by atoms with E-state index in [1.165, 1.54) is 44.9 Å². The molecule has 0 aliphatic heterocycles. The zero-order valence-electron chi connectivity index (χ0n) is 10.8. The van der Waals surface area contributed by atoms with Crippen LogP contribution in [0.2, 0.25) is 0 Å². The molecule has 0 radical (unpaired) electrons. The Kier molecular flexibility index (Phi) is 3.24. The molecule has 0 aromatic carbocycles. The van der Waals surface area contributed by atoms with Crippen molar-refractivity contribution in [3.8, 4) is 0 Å². The SMILES string of the molecule is CNC(C1CCCCC1)C1C2CCCCC21. The van der Waals surface area contributed by atoms with Crippen LogP contribution in [0.4, 0.5) is 0 Å². The highest BCUT2D eigenvalue weighted by Crippen LogP contribution is 2.58. The molecule has 3 unspecified atom stereocenters. The average Bonchev–Trinajstić information content (AvgIpc) is 3.07. The molecule has 0 heterocycles. The minimum absolute atomic E-state index is 0.869. The third-order valence-corrected chi connectivity index (χ3v) is 5.63. The van der Waals surface area contributed by atoms with Crippen LogP contribution in [0.5, 0.6) is 0 Å². The monoisotopic (exact) mass is 221 g/mol. The summed E-state index contributed by atoms with van der Waals surface area (Å²) in [6, 6.07) is 0.869. The second-order valence-corrected chi connectivity index (χ2v) is 6.40. The molecule has 3 fully saturated rings. The van der Waals surface area contributed by atoms with Crippen molar-refractivity contribution in [1.29, 1.82) is 0 Å². The Morgan fingerprint density at radius 2 is 1.38 bits per heavy atom. The smallest absolute Gasteiger partial charge is 0.0126 e. The van der Waals surface area contributed by atoms with Gasteiger partial charge in [-0.2, -0.15) is 0 Å². The molecule has 3 aliphatic rings. The third kappa shape index (κ3) is 1.92. The molecule has 1 heteroatoms. The molecule has 3 aliphatic carbocycles. The maximum atomic E-state index is 3.69. The summed E-state index contributed by atoms with van der Waals surface area (Å²) >= 11 is 0. The second kappa shape index (κ2) is 4.68. The summed E-state index contributed by atoms with van der Waals surface area (Å²) in [6.45, 7) is 0. The fourth-order valence-electron chi connectivity index (χ4n) is 4.82. The summed E-state index contributed by atoms with van der Waals surface area (Å²) < 4.78 is 0. The van der Waals surface area contributed by atoms with E-state index in [-0.39, 0.29) is 0 Å². The first-order valence-corrected chi connectivity index (χ1v) is 7.59. The molecule has 0 aromatic rings. The van der Waals surface area contributed by atoms with Crippen LogP contribution >= 0.6 is 0 Å². The molecule has 0 bridgehead atoms. The largest absolute Gasteiger partial charge is 0.316 e. The number of nitrogens with one attached hydrogen (secondary N) is 1. The molecule has 0 aromatic heterocycles. The van der Waals surface area contributed by atoms with Crippen molar-refractivity contribution < 1.29 is 0 Å². The van der Waals surface area contributed by atoms with E-state index in [0.717, 1.165) is 29.7 Å². The molecule has 92 valence electrons. The molecule has 3 atom stereocenters. The van der Waals surface area contributed by atoms with E-state index in [9.17, 15) is 0 Å². The van der Waals surface area contributed by atoms with Gasteiger partial charge >= 0.3 is 0 Å². The van der Waals surface area contributed by atoms with Crippen molar-refractivity contribution in [1.82, 2.24) is 5.32 Å². The standard InChI is InChI=1S/C15H27N/c1-16-15(11-7-3-2-4-8-11)14-12-9-5-6-10-13(12)14/h11-16H,2-10H2,1H3. The van der Waals surface area contributed by atoms with Crippen molar-refractivity contribution in [2.24, 2.45) is 23.7 Å². The molecule has 1 N–H and O–H groups in total. The van der Waals surface area contributed by atoms with Gasteiger partial charge in [-0.15, -0.1) is 0 Å². The summed E-state index contributed by atoms with van der Waals surface area (Å²) in [5, 5.41) is 3.69. The molecule has 1 nitrogen and oxygen atoms in total. The van der Waals surface area contributed by atoms with Gasteiger partial charge in [-0.1, -0.05) is 32.1 Å². The average molecular weight is 221 g/mol.